The monoisotopic (exact) mass is 370 g/mol. The molecule has 1 aliphatic rings. The molecule has 0 amide bonds. The molecular weight excluding hydrogens is 352 g/mol. The van der Waals surface area contributed by atoms with Gasteiger partial charge in [-0.3, -0.25) is 9.20 Å². The predicted octanol–water partition coefficient (Wildman–Crippen LogP) is 2.48. The maximum absolute atomic E-state index is 12.5. The van der Waals surface area contributed by atoms with Gasteiger partial charge in [0.25, 0.3) is 5.56 Å². The molecule has 2 aromatic heterocycles. The van der Waals surface area contributed by atoms with Crippen LogP contribution in [0.5, 0.6) is 0 Å². The number of aliphatic hydroxyl groups is 1. The van der Waals surface area contributed by atoms with Gasteiger partial charge in [-0.2, -0.15) is 0 Å². The van der Waals surface area contributed by atoms with Crippen molar-refractivity contribution in [3.63, 3.8) is 0 Å². The van der Waals surface area contributed by atoms with E-state index in [-0.39, 0.29) is 18.8 Å². The summed E-state index contributed by atoms with van der Waals surface area (Å²) in [5.41, 5.74) is 2.54. The number of aryl methyl sites for hydroxylation is 2. The van der Waals surface area contributed by atoms with Crippen LogP contribution in [-0.2, 0) is 30.8 Å². The standard InChI is InChI=1S/C19H18N2O4S/c22-10-12-5-7-13(8-6-12)18(24)25-11-14-9-17(23)21-15-3-1-2-4-16(15)26-19(21)20-14/h5-9,22H,1-4,10-11H2. The molecule has 3 aromatic rings. The minimum Gasteiger partial charge on any atom is -0.456 e. The molecule has 0 aliphatic heterocycles. The van der Waals surface area contributed by atoms with Crippen LogP contribution in [-0.4, -0.2) is 20.5 Å². The first-order chi connectivity index (χ1) is 12.7. The molecule has 6 nitrogen and oxygen atoms in total. The summed E-state index contributed by atoms with van der Waals surface area (Å²) in [6.45, 7) is -0.122. The topological polar surface area (TPSA) is 80.9 Å². The Morgan fingerprint density at radius 3 is 2.77 bits per heavy atom. The first-order valence-corrected chi connectivity index (χ1v) is 9.37. The lowest BCUT2D eigenvalue weighted by atomic mass is 10.0. The number of carbonyl (C=O) groups is 1. The van der Waals surface area contributed by atoms with Gasteiger partial charge in [0.2, 0.25) is 0 Å². The largest absolute Gasteiger partial charge is 0.456 e. The fourth-order valence-corrected chi connectivity index (χ4v) is 4.42. The molecule has 0 spiro atoms. The summed E-state index contributed by atoms with van der Waals surface area (Å²) in [5, 5.41) is 9.04. The van der Waals surface area contributed by atoms with Gasteiger partial charge in [0.15, 0.2) is 4.96 Å². The van der Waals surface area contributed by atoms with Crippen molar-refractivity contribution in [1.82, 2.24) is 9.38 Å². The lowest BCUT2D eigenvalue weighted by Crippen LogP contribution is -2.18. The second-order valence-electron chi connectivity index (χ2n) is 6.31. The summed E-state index contributed by atoms with van der Waals surface area (Å²) in [6.07, 6.45) is 4.15. The van der Waals surface area contributed by atoms with Crippen molar-refractivity contribution in [2.24, 2.45) is 0 Å². The number of nitrogens with zero attached hydrogens (tertiary/aromatic N) is 2. The Bertz CT molecular complexity index is 1020. The van der Waals surface area contributed by atoms with E-state index in [9.17, 15) is 9.59 Å². The van der Waals surface area contributed by atoms with Crippen LogP contribution in [0, 0.1) is 0 Å². The average Bonchev–Trinajstić information content (AvgIpc) is 3.05. The fourth-order valence-electron chi connectivity index (χ4n) is 3.18. The van der Waals surface area contributed by atoms with E-state index in [1.54, 1.807) is 40.0 Å². The van der Waals surface area contributed by atoms with Crippen LogP contribution in [0.2, 0.25) is 0 Å². The van der Waals surface area contributed by atoms with E-state index in [2.05, 4.69) is 4.98 Å². The highest BCUT2D eigenvalue weighted by atomic mass is 32.1. The number of fused-ring (bicyclic) bond motifs is 3. The molecule has 1 aliphatic carbocycles. The summed E-state index contributed by atoms with van der Waals surface area (Å²) in [6, 6.07) is 7.99. The minimum atomic E-state index is -0.484. The zero-order valence-corrected chi connectivity index (χ0v) is 14.9. The average molecular weight is 370 g/mol. The number of rotatable bonds is 4. The van der Waals surface area contributed by atoms with Gasteiger partial charge in [-0.25, -0.2) is 9.78 Å². The number of hydrogen-bond donors (Lipinski definition) is 1. The van der Waals surface area contributed by atoms with Crippen molar-refractivity contribution < 1.29 is 14.6 Å². The molecular formula is C19H18N2O4S. The quantitative estimate of drug-likeness (QED) is 0.714. The van der Waals surface area contributed by atoms with Gasteiger partial charge in [0.1, 0.15) is 6.61 Å². The first kappa shape index (κ1) is 16.9. The van der Waals surface area contributed by atoms with Gasteiger partial charge in [0, 0.05) is 16.6 Å². The summed E-state index contributed by atoms with van der Waals surface area (Å²) in [5.74, 6) is -0.484. The number of thiazole rings is 1. The SMILES string of the molecule is O=C(OCc1cc(=O)n2c3c(sc2n1)CCCC3)c1ccc(CO)cc1. The second-order valence-corrected chi connectivity index (χ2v) is 7.38. The molecule has 0 fully saturated rings. The summed E-state index contributed by atoms with van der Waals surface area (Å²) < 4.78 is 6.98. The van der Waals surface area contributed by atoms with Crippen molar-refractivity contribution in [1.29, 1.82) is 0 Å². The smallest absolute Gasteiger partial charge is 0.338 e. The van der Waals surface area contributed by atoms with Crippen LogP contribution in [0.15, 0.2) is 35.1 Å². The van der Waals surface area contributed by atoms with E-state index in [1.807, 2.05) is 0 Å². The molecule has 0 saturated carbocycles. The molecule has 1 N–H and O–H groups in total. The Hall–Kier alpha value is -2.51. The van der Waals surface area contributed by atoms with E-state index < -0.39 is 5.97 Å². The number of carbonyl (C=O) groups excluding carboxylic acids is 1. The molecule has 7 heteroatoms. The van der Waals surface area contributed by atoms with Crippen LogP contribution in [0.25, 0.3) is 4.96 Å². The molecule has 4 rings (SSSR count). The van der Waals surface area contributed by atoms with Gasteiger partial charge in [0.05, 0.1) is 17.9 Å². The van der Waals surface area contributed by atoms with E-state index in [4.69, 9.17) is 9.84 Å². The van der Waals surface area contributed by atoms with Crippen molar-refractivity contribution in [2.45, 2.75) is 38.9 Å². The Morgan fingerprint density at radius 2 is 2.00 bits per heavy atom. The Balaban J connectivity index is 1.53. The fraction of sp³-hybridized carbons (Fsp3) is 0.316. The zero-order valence-electron chi connectivity index (χ0n) is 14.1. The normalized spacial score (nSPS) is 13.6. The lowest BCUT2D eigenvalue weighted by molar-refractivity contribution is 0.0467. The number of esters is 1. The Kier molecular flexibility index (Phi) is 4.57. The van der Waals surface area contributed by atoms with Crippen LogP contribution >= 0.6 is 11.3 Å². The Labute approximate surface area is 153 Å². The van der Waals surface area contributed by atoms with Gasteiger partial charge >= 0.3 is 5.97 Å². The molecule has 0 bridgehead atoms. The maximum Gasteiger partial charge on any atom is 0.338 e. The Morgan fingerprint density at radius 1 is 1.23 bits per heavy atom. The van der Waals surface area contributed by atoms with Crippen molar-refractivity contribution in [2.75, 3.05) is 0 Å². The van der Waals surface area contributed by atoms with E-state index in [1.165, 1.54) is 10.9 Å². The van der Waals surface area contributed by atoms with E-state index in [0.717, 1.165) is 36.9 Å². The molecule has 0 atom stereocenters. The van der Waals surface area contributed by atoms with Crippen molar-refractivity contribution >= 4 is 22.3 Å². The highest BCUT2D eigenvalue weighted by Crippen LogP contribution is 2.28. The number of aliphatic hydroxyl groups excluding tert-OH is 1. The van der Waals surface area contributed by atoms with Crippen LogP contribution in [0.3, 0.4) is 0 Å². The molecule has 0 unspecified atom stereocenters. The summed E-state index contributed by atoms with van der Waals surface area (Å²) in [7, 11) is 0. The van der Waals surface area contributed by atoms with Crippen molar-refractivity contribution in [3.8, 4) is 0 Å². The number of hydrogen-bond acceptors (Lipinski definition) is 6. The predicted molar refractivity (Wildman–Crippen MR) is 97.5 cm³/mol. The second kappa shape index (κ2) is 7.01. The third-order valence-electron chi connectivity index (χ3n) is 4.54. The molecule has 1 aromatic carbocycles. The highest BCUT2D eigenvalue weighted by molar-refractivity contribution is 7.17. The number of aromatic nitrogens is 2. The van der Waals surface area contributed by atoms with Gasteiger partial charge in [-0.1, -0.05) is 12.1 Å². The maximum atomic E-state index is 12.5. The van der Waals surface area contributed by atoms with Crippen LogP contribution in [0.1, 0.15) is 45.0 Å². The van der Waals surface area contributed by atoms with Gasteiger partial charge < -0.3 is 9.84 Å². The molecule has 0 saturated heterocycles. The lowest BCUT2D eigenvalue weighted by Gasteiger charge is -2.10. The van der Waals surface area contributed by atoms with Gasteiger partial charge in [-0.05, 0) is 43.4 Å². The van der Waals surface area contributed by atoms with Crippen molar-refractivity contribution in [3.05, 3.63) is 68.1 Å². The zero-order chi connectivity index (χ0) is 18.1. The van der Waals surface area contributed by atoms with E-state index >= 15 is 0 Å². The number of benzene rings is 1. The van der Waals surface area contributed by atoms with Gasteiger partial charge in [-0.15, -0.1) is 11.3 Å². The molecule has 2 heterocycles. The molecule has 0 radical (unpaired) electrons. The molecule has 26 heavy (non-hydrogen) atoms. The highest BCUT2D eigenvalue weighted by Gasteiger charge is 2.18. The summed E-state index contributed by atoms with van der Waals surface area (Å²) >= 11 is 1.55. The molecule has 134 valence electrons. The third-order valence-corrected chi connectivity index (χ3v) is 5.68. The minimum absolute atomic E-state index is 0.0467. The van der Waals surface area contributed by atoms with E-state index in [0.29, 0.717) is 16.2 Å². The van der Waals surface area contributed by atoms with Crippen LogP contribution in [0.4, 0.5) is 0 Å². The first-order valence-electron chi connectivity index (χ1n) is 8.56. The summed E-state index contributed by atoms with van der Waals surface area (Å²) in [4.78, 5) is 31.0. The number of ether oxygens (including phenoxy) is 1. The van der Waals surface area contributed by atoms with Crippen LogP contribution < -0.4 is 5.56 Å². The third kappa shape index (κ3) is 3.15.